The summed E-state index contributed by atoms with van der Waals surface area (Å²) < 4.78 is 5.31. The van der Waals surface area contributed by atoms with Crippen LogP contribution in [-0.2, 0) is 0 Å². The van der Waals surface area contributed by atoms with E-state index in [1.54, 1.807) is 0 Å². The highest BCUT2D eigenvalue weighted by Gasteiger charge is 2.17. The van der Waals surface area contributed by atoms with E-state index in [1.807, 2.05) is 44.2 Å². The topological polar surface area (TPSA) is 52.0 Å². The number of hydrogen-bond acceptors (Lipinski definition) is 3. The SMILES string of the molecule is Cc1noc(-c2ccccc2)c1[C@H](C)N. The van der Waals surface area contributed by atoms with E-state index in [9.17, 15) is 0 Å². The maximum atomic E-state index is 5.90. The van der Waals surface area contributed by atoms with Crippen LogP contribution in [0.5, 0.6) is 0 Å². The van der Waals surface area contributed by atoms with E-state index >= 15 is 0 Å². The van der Waals surface area contributed by atoms with Gasteiger partial charge in [-0.25, -0.2) is 0 Å². The zero-order chi connectivity index (χ0) is 10.8. The van der Waals surface area contributed by atoms with Crippen LogP contribution < -0.4 is 5.73 Å². The van der Waals surface area contributed by atoms with Gasteiger partial charge < -0.3 is 10.3 Å². The predicted molar refractivity (Wildman–Crippen MR) is 59.3 cm³/mol. The normalized spacial score (nSPS) is 12.7. The summed E-state index contributed by atoms with van der Waals surface area (Å²) in [6.45, 7) is 3.85. The first-order valence-electron chi connectivity index (χ1n) is 4.97. The molecule has 0 fully saturated rings. The molecule has 1 atom stereocenters. The summed E-state index contributed by atoms with van der Waals surface area (Å²) in [5.74, 6) is 0.781. The van der Waals surface area contributed by atoms with Crippen molar-refractivity contribution in [3.05, 3.63) is 41.6 Å². The van der Waals surface area contributed by atoms with Crippen LogP contribution in [0.25, 0.3) is 11.3 Å². The van der Waals surface area contributed by atoms with Crippen LogP contribution in [0.4, 0.5) is 0 Å². The molecule has 0 aliphatic carbocycles. The molecule has 15 heavy (non-hydrogen) atoms. The standard InChI is InChI=1S/C12H14N2O/c1-8(13)11-9(2)14-15-12(11)10-6-4-3-5-7-10/h3-8H,13H2,1-2H3/t8-/m0/s1. The van der Waals surface area contributed by atoms with Gasteiger partial charge in [0.15, 0.2) is 5.76 Å². The first-order valence-corrected chi connectivity index (χ1v) is 4.97. The lowest BCUT2D eigenvalue weighted by Gasteiger charge is -2.05. The molecule has 1 aromatic heterocycles. The fourth-order valence-corrected chi connectivity index (χ4v) is 1.71. The van der Waals surface area contributed by atoms with E-state index in [2.05, 4.69) is 5.16 Å². The summed E-state index contributed by atoms with van der Waals surface area (Å²) in [5, 5.41) is 3.96. The summed E-state index contributed by atoms with van der Waals surface area (Å²) >= 11 is 0. The fraction of sp³-hybridized carbons (Fsp3) is 0.250. The molecule has 0 aliphatic heterocycles. The van der Waals surface area contributed by atoms with Crippen LogP contribution in [0, 0.1) is 6.92 Å². The van der Waals surface area contributed by atoms with Crippen molar-refractivity contribution in [3.8, 4) is 11.3 Å². The average Bonchev–Trinajstić information content (AvgIpc) is 2.61. The number of benzene rings is 1. The quantitative estimate of drug-likeness (QED) is 0.814. The van der Waals surface area contributed by atoms with Gasteiger partial charge >= 0.3 is 0 Å². The molecule has 0 saturated heterocycles. The van der Waals surface area contributed by atoms with Crippen LogP contribution in [0.3, 0.4) is 0 Å². The Bertz CT molecular complexity index is 446. The Morgan fingerprint density at radius 3 is 2.53 bits per heavy atom. The molecule has 3 nitrogen and oxygen atoms in total. The summed E-state index contributed by atoms with van der Waals surface area (Å²) in [5.41, 5.74) is 8.77. The van der Waals surface area contributed by atoms with Crippen molar-refractivity contribution in [2.24, 2.45) is 5.73 Å². The highest BCUT2D eigenvalue weighted by Crippen LogP contribution is 2.29. The van der Waals surface area contributed by atoms with Crippen molar-refractivity contribution in [1.82, 2.24) is 5.16 Å². The minimum absolute atomic E-state index is 0.0635. The largest absolute Gasteiger partial charge is 0.356 e. The van der Waals surface area contributed by atoms with Gasteiger partial charge in [-0.1, -0.05) is 35.5 Å². The molecular weight excluding hydrogens is 188 g/mol. The van der Waals surface area contributed by atoms with Crippen molar-refractivity contribution >= 4 is 0 Å². The Hall–Kier alpha value is -1.61. The van der Waals surface area contributed by atoms with Gasteiger partial charge in [-0.3, -0.25) is 0 Å². The fourth-order valence-electron chi connectivity index (χ4n) is 1.71. The molecule has 0 aliphatic rings. The first-order chi connectivity index (χ1) is 7.20. The molecule has 1 heterocycles. The molecule has 0 saturated carbocycles. The van der Waals surface area contributed by atoms with Gasteiger partial charge in [0.2, 0.25) is 0 Å². The van der Waals surface area contributed by atoms with Crippen LogP contribution in [0.1, 0.15) is 24.2 Å². The molecule has 0 spiro atoms. The zero-order valence-corrected chi connectivity index (χ0v) is 8.90. The van der Waals surface area contributed by atoms with E-state index in [-0.39, 0.29) is 6.04 Å². The zero-order valence-electron chi connectivity index (χ0n) is 8.90. The van der Waals surface area contributed by atoms with E-state index in [4.69, 9.17) is 10.3 Å². The Labute approximate surface area is 88.9 Å². The Balaban J connectivity index is 2.54. The number of rotatable bonds is 2. The highest BCUT2D eigenvalue weighted by molar-refractivity contribution is 5.62. The predicted octanol–water partition coefficient (Wildman–Crippen LogP) is 2.67. The molecule has 1 aromatic carbocycles. The smallest absolute Gasteiger partial charge is 0.171 e. The first kappa shape index (κ1) is 9.93. The van der Waals surface area contributed by atoms with Crippen LogP contribution in [0.2, 0.25) is 0 Å². The Morgan fingerprint density at radius 2 is 1.93 bits per heavy atom. The number of hydrogen-bond donors (Lipinski definition) is 1. The third kappa shape index (κ3) is 1.78. The van der Waals surface area contributed by atoms with Crippen molar-refractivity contribution < 1.29 is 4.52 Å². The third-order valence-corrected chi connectivity index (χ3v) is 2.40. The molecule has 3 heteroatoms. The van der Waals surface area contributed by atoms with Gasteiger partial charge in [-0.2, -0.15) is 0 Å². The molecule has 78 valence electrons. The molecule has 2 rings (SSSR count). The number of aromatic nitrogens is 1. The van der Waals surface area contributed by atoms with E-state index in [0.29, 0.717) is 0 Å². The third-order valence-electron chi connectivity index (χ3n) is 2.40. The van der Waals surface area contributed by atoms with E-state index in [1.165, 1.54) is 0 Å². The molecule has 2 N–H and O–H groups in total. The van der Waals surface area contributed by atoms with Gasteiger partial charge in [-0.05, 0) is 13.8 Å². The summed E-state index contributed by atoms with van der Waals surface area (Å²) in [6, 6.07) is 9.83. The minimum Gasteiger partial charge on any atom is -0.356 e. The van der Waals surface area contributed by atoms with Gasteiger partial charge in [0, 0.05) is 17.2 Å². The highest BCUT2D eigenvalue weighted by atomic mass is 16.5. The monoisotopic (exact) mass is 202 g/mol. The van der Waals surface area contributed by atoms with Crippen LogP contribution in [0.15, 0.2) is 34.9 Å². The molecule has 2 aromatic rings. The average molecular weight is 202 g/mol. The molecule has 0 amide bonds. The second-order valence-corrected chi connectivity index (χ2v) is 3.67. The van der Waals surface area contributed by atoms with Crippen molar-refractivity contribution in [2.45, 2.75) is 19.9 Å². The lowest BCUT2D eigenvalue weighted by atomic mass is 10.0. The Morgan fingerprint density at radius 1 is 1.27 bits per heavy atom. The summed E-state index contributed by atoms with van der Waals surface area (Å²) in [4.78, 5) is 0. The van der Waals surface area contributed by atoms with Crippen LogP contribution in [-0.4, -0.2) is 5.16 Å². The molecule has 0 bridgehead atoms. The van der Waals surface area contributed by atoms with Gasteiger partial charge in [0.05, 0.1) is 5.69 Å². The maximum Gasteiger partial charge on any atom is 0.171 e. The second kappa shape index (κ2) is 3.87. The van der Waals surface area contributed by atoms with Gasteiger partial charge in [0.1, 0.15) is 0 Å². The van der Waals surface area contributed by atoms with Crippen LogP contribution >= 0.6 is 0 Å². The van der Waals surface area contributed by atoms with Crippen molar-refractivity contribution in [3.63, 3.8) is 0 Å². The van der Waals surface area contributed by atoms with Crippen molar-refractivity contribution in [1.29, 1.82) is 0 Å². The molecule has 0 unspecified atom stereocenters. The van der Waals surface area contributed by atoms with Gasteiger partial charge in [0.25, 0.3) is 0 Å². The summed E-state index contributed by atoms with van der Waals surface area (Å²) in [6.07, 6.45) is 0. The minimum atomic E-state index is -0.0635. The van der Waals surface area contributed by atoms with Gasteiger partial charge in [-0.15, -0.1) is 0 Å². The maximum absolute atomic E-state index is 5.90. The summed E-state index contributed by atoms with van der Waals surface area (Å²) in [7, 11) is 0. The number of nitrogens with zero attached hydrogens (tertiary/aromatic N) is 1. The molecule has 0 radical (unpaired) electrons. The second-order valence-electron chi connectivity index (χ2n) is 3.67. The number of aryl methyl sites for hydroxylation is 1. The van der Waals surface area contributed by atoms with E-state index in [0.717, 1.165) is 22.6 Å². The lowest BCUT2D eigenvalue weighted by molar-refractivity contribution is 0.426. The molecular formula is C12H14N2O. The van der Waals surface area contributed by atoms with E-state index < -0.39 is 0 Å². The van der Waals surface area contributed by atoms with Crippen molar-refractivity contribution in [2.75, 3.05) is 0 Å². The number of nitrogens with two attached hydrogens (primary N) is 1. The Kier molecular flexibility index (Phi) is 2.56. The lowest BCUT2D eigenvalue weighted by Crippen LogP contribution is -2.06.